The van der Waals surface area contributed by atoms with Gasteiger partial charge < -0.3 is 33.5 Å². The van der Waals surface area contributed by atoms with E-state index in [0.717, 1.165) is 106 Å². The minimum atomic E-state index is -0.726. The summed E-state index contributed by atoms with van der Waals surface area (Å²) in [7, 11) is 0. The number of ether oxygens (including phenoxy) is 6. The van der Waals surface area contributed by atoms with Crippen molar-refractivity contribution >= 4 is 23.9 Å². The summed E-state index contributed by atoms with van der Waals surface area (Å²) in [5, 5.41) is 10.1. The lowest BCUT2D eigenvalue weighted by Gasteiger charge is -2.60. The summed E-state index contributed by atoms with van der Waals surface area (Å²) in [4.78, 5) is 53.8. The molecule has 0 aromatic heterocycles. The first-order valence-corrected chi connectivity index (χ1v) is 31.7. The van der Waals surface area contributed by atoms with Crippen molar-refractivity contribution in [2.75, 3.05) is 33.0 Å². The van der Waals surface area contributed by atoms with Crippen LogP contribution in [0.3, 0.4) is 0 Å². The molecule has 0 spiro atoms. The molecule has 12 bridgehead atoms. The van der Waals surface area contributed by atoms with Crippen LogP contribution in [-0.2, 0) is 47.6 Å². The zero-order chi connectivity index (χ0) is 54.1. The van der Waals surface area contributed by atoms with Crippen LogP contribution in [0.25, 0.3) is 0 Å². The Labute approximate surface area is 458 Å². The van der Waals surface area contributed by atoms with Gasteiger partial charge in [0.1, 0.15) is 35.6 Å². The van der Waals surface area contributed by atoms with Crippen LogP contribution in [0.2, 0.25) is 0 Å². The molecule has 0 aromatic rings. The molecule has 14 fully saturated rings. The van der Waals surface area contributed by atoms with Crippen LogP contribution in [0.1, 0.15) is 229 Å². The van der Waals surface area contributed by atoms with E-state index in [2.05, 4.69) is 55.4 Å². The fourth-order valence-electron chi connectivity index (χ4n) is 20.5. The van der Waals surface area contributed by atoms with Gasteiger partial charge in [-0.05, 0) is 252 Å². The van der Waals surface area contributed by atoms with Gasteiger partial charge >= 0.3 is 23.9 Å². The van der Waals surface area contributed by atoms with E-state index >= 15 is 0 Å². The Morgan fingerprint density at radius 2 is 0.789 bits per heavy atom. The van der Waals surface area contributed by atoms with Gasteiger partial charge in [-0.25, -0.2) is 9.59 Å². The van der Waals surface area contributed by atoms with Crippen LogP contribution in [0.15, 0.2) is 0 Å². The molecule has 14 aliphatic rings. The summed E-state index contributed by atoms with van der Waals surface area (Å²) in [5.41, 5.74) is -3.24. The monoisotopic (exact) mass is 1060 g/mol. The molecular formula is C65H104O11. The number of esters is 4. The van der Waals surface area contributed by atoms with E-state index < -0.39 is 27.4 Å². The van der Waals surface area contributed by atoms with Crippen molar-refractivity contribution in [3.8, 4) is 0 Å². The van der Waals surface area contributed by atoms with E-state index in [1.54, 1.807) is 0 Å². The summed E-state index contributed by atoms with van der Waals surface area (Å²) >= 11 is 0. The first kappa shape index (κ1) is 57.0. The first-order chi connectivity index (χ1) is 36.0. The molecule has 0 radical (unpaired) electrons. The van der Waals surface area contributed by atoms with Crippen molar-refractivity contribution in [3.05, 3.63) is 0 Å². The molecule has 0 amide bonds. The molecule has 1 N–H and O–H groups in total. The highest BCUT2D eigenvalue weighted by molar-refractivity contribution is 5.83. The second kappa shape index (κ2) is 21.9. The highest BCUT2D eigenvalue weighted by Crippen LogP contribution is 2.67. The van der Waals surface area contributed by atoms with Gasteiger partial charge in [0.25, 0.3) is 0 Å². The Morgan fingerprint density at radius 3 is 1.09 bits per heavy atom. The fraction of sp³-hybridized carbons (Fsp3) is 0.938. The third-order valence-electron chi connectivity index (χ3n) is 24.1. The highest BCUT2D eigenvalue weighted by atomic mass is 16.6. The van der Waals surface area contributed by atoms with Crippen molar-refractivity contribution in [2.45, 2.75) is 252 Å². The van der Waals surface area contributed by atoms with Gasteiger partial charge in [0.2, 0.25) is 0 Å². The summed E-state index contributed by atoms with van der Waals surface area (Å²) in [6, 6.07) is 0. The van der Waals surface area contributed by atoms with E-state index in [1.165, 1.54) is 89.9 Å². The summed E-state index contributed by atoms with van der Waals surface area (Å²) in [5.74, 6) is 7.90. The number of carbonyl (C=O) groups is 4. The smallest absolute Gasteiger partial charge is 0.332 e. The average Bonchev–Trinajstić information content (AvgIpc) is 3.57. The lowest BCUT2D eigenvalue weighted by molar-refractivity contribution is -0.216. The number of aliphatic hydroxyl groups excluding tert-OH is 1. The minimum Gasteiger partial charge on any atom is -0.459 e. The van der Waals surface area contributed by atoms with Crippen LogP contribution in [0.5, 0.6) is 0 Å². The molecule has 0 heterocycles. The first-order valence-electron chi connectivity index (χ1n) is 31.7. The SMILES string of the molecule is CC1CCC(C(C)(C)OC(=O)C23CC4CC(C2)CC(C(=O)OC(C)(C)C2CCC(C)CC2)(C4)C3)CC1.CCC1(OC(=O)COCC(C)(CO)COCC(=O)OC2(CC)C3CC4CC(C3)CC2C4)C2CC3CC(C2)CC1C3. The third-order valence-corrected chi connectivity index (χ3v) is 24.1. The number of aliphatic hydroxyl groups is 1. The Balaban J connectivity index is 0.000000174. The second-order valence-electron chi connectivity index (χ2n) is 30.5. The predicted molar refractivity (Wildman–Crippen MR) is 291 cm³/mol. The van der Waals surface area contributed by atoms with Gasteiger partial charge in [-0.1, -0.05) is 60.3 Å². The van der Waals surface area contributed by atoms with Crippen LogP contribution < -0.4 is 0 Å². The van der Waals surface area contributed by atoms with Crippen molar-refractivity contribution < 1.29 is 52.7 Å². The number of hydrogen-bond acceptors (Lipinski definition) is 11. The van der Waals surface area contributed by atoms with Gasteiger partial charge in [-0.2, -0.15) is 0 Å². The third kappa shape index (κ3) is 11.2. The molecule has 0 aliphatic heterocycles. The fourth-order valence-corrected chi connectivity index (χ4v) is 20.5. The quantitative estimate of drug-likeness (QED) is 0.0975. The van der Waals surface area contributed by atoms with Crippen molar-refractivity contribution in [1.29, 1.82) is 0 Å². The number of carbonyl (C=O) groups excluding carboxylic acids is 4. The largest absolute Gasteiger partial charge is 0.459 e. The molecule has 0 unspecified atom stereocenters. The van der Waals surface area contributed by atoms with Gasteiger partial charge in [0.05, 0.1) is 30.7 Å². The second-order valence-corrected chi connectivity index (χ2v) is 30.5. The minimum absolute atomic E-state index is 0.0158. The van der Waals surface area contributed by atoms with E-state index in [9.17, 15) is 24.3 Å². The maximum Gasteiger partial charge on any atom is 0.332 e. The number of rotatable bonds is 19. The molecule has 11 nitrogen and oxygen atoms in total. The van der Waals surface area contributed by atoms with E-state index in [-0.39, 0.29) is 68.1 Å². The molecule has 14 saturated carbocycles. The zero-order valence-corrected chi connectivity index (χ0v) is 49.0. The lowest BCUT2D eigenvalue weighted by Crippen LogP contribution is -2.60. The Bertz CT molecular complexity index is 1870. The molecule has 430 valence electrons. The molecule has 0 atom stereocenters. The standard InChI is InChI=1S/C33H52O7.C32H52O4/c1-4-32(25-8-21-6-22(10-25)11-26(32)9-21)39-29(35)16-37-19-31(3,18-34)20-38-17-30(36)40-33(5-2)27-12-23-7-24(14-27)15-28(33)13-23;1-21-7-11-25(12-8-21)29(3,4)35-27(33)31-16-23-15-24(17-31)19-32(18-23,20-31)28(34)36-30(5,6)26-13-9-22(2)10-14-26/h21-28,34H,4-20H2,1-3H3;21-26H,7-20H2,1-6H3. The van der Waals surface area contributed by atoms with Crippen LogP contribution in [-0.4, -0.2) is 84.4 Å². The van der Waals surface area contributed by atoms with Crippen molar-refractivity contribution in [1.82, 2.24) is 0 Å². The van der Waals surface area contributed by atoms with E-state index in [1.807, 2.05) is 6.92 Å². The molecule has 76 heavy (non-hydrogen) atoms. The molecule has 14 rings (SSSR count). The average molecular weight is 1060 g/mol. The Morgan fingerprint density at radius 1 is 0.474 bits per heavy atom. The van der Waals surface area contributed by atoms with Crippen LogP contribution >= 0.6 is 0 Å². The summed E-state index contributed by atoms with van der Waals surface area (Å²) in [6.45, 7) is 19.2. The molecule has 0 saturated heterocycles. The Kier molecular flexibility index (Phi) is 16.4. The normalized spacial score (nSPS) is 43.4. The molecular weight excluding hydrogens is 957 g/mol. The maximum atomic E-state index is 14.0. The van der Waals surface area contributed by atoms with Crippen LogP contribution in [0.4, 0.5) is 0 Å². The molecule has 14 aliphatic carbocycles. The topological polar surface area (TPSA) is 144 Å². The van der Waals surface area contributed by atoms with Gasteiger partial charge in [0.15, 0.2) is 0 Å². The summed E-state index contributed by atoms with van der Waals surface area (Å²) in [6.07, 6.45) is 28.9. The number of hydrogen-bond donors (Lipinski definition) is 1. The van der Waals surface area contributed by atoms with Gasteiger partial charge in [-0.15, -0.1) is 0 Å². The van der Waals surface area contributed by atoms with Crippen LogP contribution in [0, 0.1) is 99.1 Å². The maximum absolute atomic E-state index is 14.0. The van der Waals surface area contributed by atoms with Gasteiger partial charge in [0, 0.05) is 5.41 Å². The van der Waals surface area contributed by atoms with Crippen molar-refractivity contribution in [2.24, 2.45) is 99.1 Å². The Hall–Kier alpha value is -2.24. The van der Waals surface area contributed by atoms with Gasteiger partial charge in [-0.3, -0.25) is 9.59 Å². The zero-order valence-electron chi connectivity index (χ0n) is 49.0. The summed E-state index contributed by atoms with van der Waals surface area (Å²) < 4.78 is 36.9. The highest BCUT2D eigenvalue weighted by Gasteiger charge is 2.66. The van der Waals surface area contributed by atoms with E-state index in [4.69, 9.17) is 28.4 Å². The molecule has 11 heteroatoms. The molecule has 0 aromatic carbocycles. The predicted octanol–water partition coefficient (Wildman–Crippen LogP) is 13.2. The van der Waals surface area contributed by atoms with Crippen molar-refractivity contribution in [3.63, 3.8) is 0 Å². The lowest BCUT2D eigenvalue weighted by atomic mass is 9.44. The van der Waals surface area contributed by atoms with E-state index in [0.29, 0.717) is 53.8 Å².